The lowest BCUT2D eigenvalue weighted by molar-refractivity contribution is 0.582. The monoisotopic (exact) mass is 267 g/mol. The van der Waals surface area contributed by atoms with Crippen LogP contribution in [0, 0.1) is 5.82 Å². The zero-order chi connectivity index (χ0) is 13.1. The van der Waals surface area contributed by atoms with E-state index in [4.69, 9.17) is 11.6 Å². The molecule has 18 heavy (non-hydrogen) atoms. The van der Waals surface area contributed by atoms with E-state index in [-0.39, 0.29) is 5.02 Å². The standard InChI is InChI=1S/C13H15ClFN3/c1-9(2)16-6-10-7-18(8-17-10)11-3-4-13(15)12(14)5-11/h3-5,7-9,16H,6H2,1-2H3. The van der Waals surface area contributed by atoms with Gasteiger partial charge in [-0.1, -0.05) is 25.4 Å². The van der Waals surface area contributed by atoms with E-state index in [9.17, 15) is 4.39 Å². The van der Waals surface area contributed by atoms with Crippen molar-refractivity contribution in [1.29, 1.82) is 0 Å². The highest BCUT2D eigenvalue weighted by atomic mass is 35.5. The van der Waals surface area contributed by atoms with Crippen LogP contribution in [0.25, 0.3) is 5.69 Å². The van der Waals surface area contributed by atoms with Crippen molar-refractivity contribution in [3.63, 3.8) is 0 Å². The summed E-state index contributed by atoms with van der Waals surface area (Å²) in [6.45, 7) is 4.87. The molecule has 3 nitrogen and oxygen atoms in total. The topological polar surface area (TPSA) is 29.9 Å². The predicted octanol–water partition coefficient (Wildman–Crippen LogP) is 3.16. The van der Waals surface area contributed by atoms with Crippen LogP contribution in [0.5, 0.6) is 0 Å². The second-order valence-corrected chi connectivity index (χ2v) is 4.81. The predicted molar refractivity (Wildman–Crippen MR) is 70.5 cm³/mol. The number of aromatic nitrogens is 2. The zero-order valence-corrected chi connectivity index (χ0v) is 11.1. The van der Waals surface area contributed by atoms with Crippen LogP contribution in [0.3, 0.4) is 0 Å². The van der Waals surface area contributed by atoms with E-state index < -0.39 is 5.82 Å². The Balaban J connectivity index is 2.16. The first-order chi connectivity index (χ1) is 8.56. The number of hydrogen-bond donors (Lipinski definition) is 1. The van der Waals surface area contributed by atoms with E-state index in [1.807, 2.05) is 10.8 Å². The summed E-state index contributed by atoms with van der Waals surface area (Å²) in [5.74, 6) is -0.415. The summed E-state index contributed by atoms with van der Waals surface area (Å²) >= 11 is 5.75. The van der Waals surface area contributed by atoms with E-state index in [2.05, 4.69) is 24.1 Å². The number of nitrogens with one attached hydrogen (secondary N) is 1. The van der Waals surface area contributed by atoms with Crippen molar-refractivity contribution in [1.82, 2.24) is 14.9 Å². The van der Waals surface area contributed by atoms with E-state index in [0.29, 0.717) is 12.6 Å². The Hall–Kier alpha value is -1.39. The molecule has 0 amide bonds. The van der Waals surface area contributed by atoms with Crippen molar-refractivity contribution in [2.24, 2.45) is 0 Å². The Morgan fingerprint density at radius 3 is 2.89 bits per heavy atom. The second kappa shape index (κ2) is 5.50. The molecule has 0 aliphatic rings. The number of benzene rings is 1. The van der Waals surface area contributed by atoms with Crippen LogP contribution in [0.4, 0.5) is 4.39 Å². The molecule has 0 fully saturated rings. The molecule has 0 unspecified atom stereocenters. The van der Waals surface area contributed by atoms with E-state index in [1.165, 1.54) is 6.07 Å². The Labute approximate surface area is 111 Å². The highest BCUT2D eigenvalue weighted by Crippen LogP contribution is 2.18. The van der Waals surface area contributed by atoms with Crippen LogP contribution in [0.2, 0.25) is 5.02 Å². The Morgan fingerprint density at radius 2 is 2.22 bits per heavy atom. The fraction of sp³-hybridized carbons (Fsp3) is 0.308. The third-order valence-electron chi connectivity index (χ3n) is 2.53. The molecule has 1 aromatic carbocycles. The van der Waals surface area contributed by atoms with Crippen LogP contribution in [-0.4, -0.2) is 15.6 Å². The van der Waals surface area contributed by atoms with Gasteiger partial charge in [0.05, 0.1) is 17.0 Å². The summed E-state index contributed by atoms with van der Waals surface area (Å²) in [7, 11) is 0. The van der Waals surface area contributed by atoms with Crippen LogP contribution in [0.15, 0.2) is 30.7 Å². The van der Waals surface area contributed by atoms with Gasteiger partial charge in [0, 0.05) is 24.5 Å². The summed E-state index contributed by atoms with van der Waals surface area (Å²) in [6, 6.07) is 5.01. The average molecular weight is 268 g/mol. The number of rotatable bonds is 4. The van der Waals surface area contributed by atoms with Crippen LogP contribution in [-0.2, 0) is 6.54 Å². The van der Waals surface area contributed by atoms with Crippen molar-refractivity contribution < 1.29 is 4.39 Å². The normalized spacial score (nSPS) is 11.2. The van der Waals surface area contributed by atoms with Gasteiger partial charge in [-0.25, -0.2) is 9.37 Å². The molecule has 0 radical (unpaired) electrons. The van der Waals surface area contributed by atoms with Crippen LogP contribution < -0.4 is 5.32 Å². The molecule has 0 aliphatic carbocycles. The van der Waals surface area contributed by atoms with Gasteiger partial charge in [0.2, 0.25) is 0 Å². The minimum absolute atomic E-state index is 0.114. The van der Waals surface area contributed by atoms with Gasteiger partial charge in [0.25, 0.3) is 0 Å². The molecule has 0 saturated carbocycles. The van der Waals surface area contributed by atoms with Crippen molar-refractivity contribution >= 4 is 11.6 Å². The van der Waals surface area contributed by atoms with Gasteiger partial charge in [-0.05, 0) is 18.2 Å². The highest BCUT2D eigenvalue weighted by molar-refractivity contribution is 6.30. The van der Waals surface area contributed by atoms with Gasteiger partial charge in [0.15, 0.2) is 0 Å². The largest absolute Gasteiger partial charge is 0.309 e. The van der Waals surface area contributed by atoms with Crippen molar-refractivity contribution in [2.75, 3.05) is 0 Å². The zero-order valence-electron chi connectivity index (χ0n) is 10.3. The van der Waals surface area contributed by atoms with E-state index in [1.54, 1.807) is 18.5 Å². The van der Waals surface area contributed by atoms with Crippen LogP contribution in [0.1, 0.15) is 19.5 Å². The summed E-state index contributed by atoms with van der Waals surface area (Å²) < 4.78 is 14.9. The average Bonchev–Trinajstić information content (AvgIpc) is 2.79. The van der Waals surface area contributed by atoms with Gasteiger partial charge >= 0.3 is 0 Å². The number of halogens is 2. The first kappa shape index (κ1) is 13.1. The lowest BCUT2D eigenvalue weighted by Crippen LogP contribution is -2.21. The van der Waals surface area contributed by atoms with Gasteiger partial charge in [0.1, 0.15) is 5.82 Å². The summed E-state index contributed by atoms with van der Waals surface area (Å²) in [4.78, 5) is 4.28. The minimum atomic E-state index is -0.415. The maximum Gasteiger partial charge on any atom is 0.141 e. The van der Waals surface area contributed by atoms with Gasteiger partial charge in [-0.2, -0.15) is 0 Å². The molecule has 0 saturated heterocycles. The minimum Gasteiger partial charge on any atom is -0.309 e. The number of nitrogens with zero attached hydrogens (tertiary/aromatic N) is 2. The van der Waals surface area contributed by atoms with Gasteiger partial charge < -0.3 is 9.88 Å². The summed E-state index contributed by atoms with van der Waals surface area (Å²) in [5.41, 5.74) is 1.73. The van der Waals surface area contributed by atoms with Crippen molar-refractivity contribution in [3.05, 3.63) is 47.3 Å². The first-order valence-corrected chi connectivity index (χ1v) is 6.15. The maximum absolute atomic E-state index is 13.1. The van der Waals surface area contributed by atoms with Crippen molar-refractivity contribution in [3.8, 4) is 5.69 Å². The molecule has 0 aliphatic heterocycles. The molecular weight excluding hydrogens is 253 g/mol. The Kier molecular flexibility index (Phi) is 3.99. The Bertz CT molecular complexity index is 537. The highest BCUT2D eigenvalue weighted by Gasteiger charge is 2.04. The van der Waals surface area contributed by atoms with E-state index in [0.717, 1.165) is 11.4 Å². The molecule has 96 valence electrons. The molecule has 5 heteroatoms. The molecule has 1 heterocycles. The van der Waals surface area contributed by atoms with Crippen molar-refractivity contribution in [2.45, 2.75) is 26.4 Å². The molecule has 2 rings (SSSR count). The smallest absolute Gasteiger partial charge is 0.141 e. The van der Waals surface area contributed by atoms with Gasteiger partial charge in [-0.15, -0.1) is 0 Å². The molecule has 1 N–H and O–H groups in total. The molecule has 1 aromatic heterocycles. The molecule has 0 spiro atoms. The van der Waals surface area contributed by atoms with Crippen LogP contribution >= 0.6 is 11.6 Å². The molecular formula is C13H15ClFN3. The lowest BCUT2D eigenvalue weighted by atomic mass is 10.3. The second-order valence-electron chi connectivity index (χ2n) is 4.41. The fourth-order valence-corrected chi connectivity index (χ4v) is 1.73. The quantitative estimate of drug-likeness (QED) is 0.922. The summed E-state index contributed by atoms with van der Waals surface area (Å²) in [5, 5.41) is 3.40. The molecule has 0 bridgehead atoms. The van der Waals surface area contributed by atoms with E-state index >= 15 is 0 Å². The number of hydrogen-bond acceptors (Lipinski definition) is 2. The third-order valence-corrected chi connectivity index (χ3v) is 2.82. The molecule has 0 atom stereocenters. The maximum atomic E-state index is 13.1. The first-order valence-electron chi connectivity index (χ1n) is 5.78. The van der Waals surface area contributed by atoms with Gasteiger partial charge in [-0.3, -0.25) is 0 Å². The third kappa shape index (κ3) is 3.09. The number of imidazole rings is 1. The lowest BCUT2D eigenvalue weighted by Gasteiger charge is -2.05. The summed E-state index contributed by atoms with van der Waals surface area (Å²) in [6.07, 6.45) is 3.60. The molecule has 2 aromatic rings. The Morgan fingerprint density at radius 1 is 1.44 bits per heavy atom. The SMILES string of the molecule is CC(C)NCc1cn(-c2ccc(F)c(Cl)c2)cn1. The fourth-order valence-electron chi connectivity index (χ4n) is 1.55.